The van der Waals surface area contributed by atoms with Crippen LogP contribution >= 0.6 is 23.1 Å². The lowest BCUT2D eigenvalue weighted by Gasteiger charge is -2.26. The molecule has 1 aliphatic heterocycles. The Kier molecular flexibility index (Phi) is 7.29. The van der Waals surface area contributed by atoms with Gasteiger partial charge < -0.3 is 10.2 Å². The Labute approximate surface area is 168 Å². The van der Waals surface area contributed by atoms with Gasteiger partial charge in [0, 0.05) is 48.5 Å². The van der Waals surface area contributed by atoms with Crippen molar-refractivity contribution in [2.75, 3.05) is 17.6 Å². The average Bonchev–Trinajstić information content (AvgIpc) is 3.06. The minimum atomic E-state index is 0.0168. The third-order valence-electron chi connectivity index (χ3n) is 4.40. The lowest BCUT2D eigenvalue weighted by atomic mass is 10.1. The fourth-order valence-electron chi connectivity index (χ4n) is 3.04. The number of rotatable bonds is 8. The first kappa shape index (κ1) is 19.9. The van der Waals surface area contributed by atoms with Crippen LogP contribution in [-0.4, -0.2) is 34.0 Å². The highest BCUT2D eigenvalue weighted by molar-refractivity contribution is 7.98. The highest BCUT2D eigenvalue weighted by Gasteiger charge is 2.18. The van der Waals surface area contributed by atoms with Crippen molar-refractivity contribution in [1.29, 1.82) is 0 Å². The number of benzene rings is 1. The molecule has 1 aromatic heterocycles. The Morgan fingerprint density at radius 3 is 3.04 bits per heavy atom. The van der Waals surface area contributed by atoms with Crippen molar-refractivity contribution < 1.29 is 9.59 Å². The second-order valence-corrected chi connectivity index (χ2v) is 8.85. The zero-order valence-corrected chi connectivity index (χ0v) is 17.2. The molecule has 1 N–H and O–H groups in total. The minimum Gasteiger partial charge on any atom is -0.338 e. The SMILES string of the molecule is Cc1nc(CSCCC(=O)Nc2cccc(CN3CCCCC3=O)c2)cs1. The molecule has 1 aliphatic rings. The number of aromatic nitrogens is 1. The number of carbonyl (C=O) groups excluding carboxylic acids is 2. The summed E-state index contributed by atoms with van der Waals surface area (Å²) in [6.45, 7) is 3.44. The summed E-state index contributed by atoms with van der Waals surface area (Å²) in [4.78, 5) is 30.5. The second kappa shape index (κ2) is 9.90. The molecule has 0 radical (unpaired) electrons. The van der Waals surface area contributed by atoms with Gasteiger partial charge in [-0.15, -0.1) is 11.3 Å². The molecule has 1 aromatic carbocycles. The average molecular weight is 404 g/mol. The van der Waals surface area contributed by atoms with Gasteiger partial charge in [0.2, 0.25) is 11.8 Å². The highest BCUT2D eigenvalue weighted by atomic mass is 32.2. The van der Waals surface area contributed by atoms with E-state index < -0.39 is 0 Å². The molecular weight excluding hydrogens is 378 g/mol. The first-order chi connectivity index (χ1) is 13.1. The van der Waals surface area contributed by atoms with Crippen molar-refractivity contribution >= 4 is 40.6 Å². The summed E-state index contributed by atoms with van der Waals surface area (Å²) >= 11 is 3.38. The summed E-state index contributed by atoms with van der Waals surface area (Å²) < 4.78 is 0. The smallest absolute Gasteiger partial charge is 0.225 e. The quantitative estimate of drug-likeness (QED) is 0.670. The number of hydrogen-bond acceptors (Lipinski definition) is 5. The number of nitrogens with one attached hydrogen (secondary N) is 1. The standard InChI is InChI=1S/C20H25N3O2S2/c1-15-21-18(14-27-15)13-26-10-8-19(24)22-17-6-4-5-16(11-17)12-23-9-3-2-7-20(23)25/h4-6,11,14H,2-3,7-10,12-13H2,1H3,(H,22,24). The Hall–Kier alpha value is -1.86. The van der Waals surface area contributed by atoms with Gasteiger partial charge in [-0.3, -0.25) is 9.59 Å². The molecule has 1 saturated heterocycles. The topological polar surface area (TPSA) is 62.3 Å². The van der Waals surface area contributed by atoms with E-state index in [1.807, 2.05) is 36.1 Å². The van der Waals surface area contributed by atoms with Crippen molar-refractivity contribution in [3.05, 3.63) is 45.9 Å². The number of nitrogens with zero attached hydrogens (tertiary/aromatic N) is 2. The number of likely N-dealkylation sites (tertiary alicyclic amines) is 1. The fraction of sp³-hybridized carbons (Fsp3) is 0.450. The molecule has 27 heavy (non-hydrogen) atoms. The van der Waals surface area contributed by atoms with E-state index in [2.05, 4.69) is 15.7 Å². The summed E-state index contributed by atoms with van der Waals surface area (Å²) in [7, 11) is 0. The monoisotopic (exact) mass is 403 g/mol. The number of thiazole rings is 1. The van der Waals surface area contributed by atoms with Gasteiger partial charge in [-0.05, 0) is 37.5 Å². The van der Waals surface area contributed by atoms with Crippen LogP contribution in [0.1, 0.15) is 41.9 Å². The van der Waals surface area contributed by atoms with Gasteiger partial charge >= 0.3 is 0 Å². The van der Waals surface area contributed by atoms with Crippen LogP contribution < -0.4 is 5.32 Å². The number of hydrogen-bond donors (Lipinski definition) is 1. The molecule has 0 saturated carbocycles. The number of aryl methyl sites for hydroxylation is 1. The summed E-state index contributed by atoms with van der Waals surface area (Å²) in [6, 6.07) is 7.79. The summed E-state index contributed by atoms with van der Waals surface area (Å²) in [5.74, 6) is 1.85. The maximum Gasteiger partial charge on any atom is 0.225 e. The molecule has 144 valence electrons. The third-order valence-corrected chi connectivity index (χ3v) is 6.21. The first-order valence-corrected chi connectivity index (χ1v) is 11.3. The number of thioether (sulfide) groups is 1. The van der Waals surface area contributed by atoms with E-state index in [4.69, 9.17) is 0 Å². The van der Waals surface area contributed by atoms with Crippen molar-refractivity contribution in [2.24, 2.45) is 0 Å². The Balaban J connectivity index is 1.42. The van der Waals surface area contributed by atoms with Gasteiger partial charge in [-0.25, -0.2) is 4.98 Å². The predicted octanol–water partition coefficient (Wildman–Crippen LogP) is 4.23. The van der Waals surface area contributed by atoms with Crippen LogP contribution in [0.15, 0.2) is 29.6 Å². The molecule has 0 unspecified atom stereocenters. The minimum absolute atomic E-state index is 0.0168. The van der Waals surface area contributed by atoms with E-state index >= 15 is 0 Å². The molecule has 0 spiro atoms. The fourth-order valence-corrected chi connectivity index (χ4v) is 4.59. The summed E-state index contributed by atoms with van der Waals surface area (Å²) in [6.07, 6.45) is 3.18. The van der Waals surface area contributed by atoms with E-state index in [9.17, 15) is 9.59 Å². The predicted molar refractivity (Wildman–Crippen MR) is 112 cm³/mol. The maximum atomic E-state index is 12.2. The largest absolute Gasteiger partial charge is 0.338 e. The van der Waals surface area contributed by atoms with Crippen LogP contribution in [0, 0.1) is 6.92 Å². The van der Waals surface area contributed by atoms with Gasteiger partial charge in [0.15, 0.2) is 0 Å². The van der Waals surface area contributed by atoms with Crippen LogP contribution in [0.5, 0.6) is 0 Å². The molecule has 0 atom stereocenters. The second-order valence-electron chi connectivity index (χ2n) is 6.68. The molecule has 2 aromatic rings. The third kappa shape index (κ3) is 6.36. The number of piperidine rings is 1. The molecular formula is C20H25N3O2S2. The number of anilines is 1. The summed E-state index contributed by atoms with van der Waals surface area (Å²) in [5.41, 5.74) is 2.93. The van der Waals surface area contributed by atoms with Crippen molar-refractivity contribution in [2.45, 2.75) is 44.9 Å². The van der Waals surface area contributed by atoms with Crippen molar-refractivity contribution in [3.8, 4) is 0 Å². The molecule has 0 aliphatic carbocycles. The van der Waals surface area contributed by atoms with E-state index in [0.717, 1.165) is 52.8 Å². The lowest BCUT2D eigenvalue weighted by molar-refractivity contribution is -0.133. The maximum absolute atomic E-state index is 12.2. The van der Waals surface area contributed by atoms with Crippen LogP contribution in [0.4, 0.5) is 5.69 Å². The van der Waals surface area contributed by atoms with E-state index in [1.165, 1.54) is 0 Å². The molecule has 7 heteroatoms. The van der Waals surface area contributed by atoms with Gasteiger partial charge in [0.1, 0.15) is 0 Å². The van der Waals surface area contributed by atoms with Gasteiger partial charge in [0.25, 0.3) is 0 Å². The van der Waals surface area contributed by atoms with Crippen molar-refractivity contribution in [3.63, 3.8) is 0 Å². The van der Waals surface area contributed by atoms with Crippen molar-refractivity contribution in [1.82, 2.24) is 9.88 Å². The molecule has 2 amide bonds. The summed E-state index contributed by atoms with van der Waals surface area (Å²) in [5, 5.41) is 6.11. The molecule has 1 fully saturated rings. The van der Waals surface area contributed by atoms with Gasteiger partial charge in [0.05, 0.1) is 10.7 Å². The van der Waals surface area contributed by atoms with Gasteiger partial charge in [-0.2, -0.15) is 11.8 Å². The molecule has 5 nitrogen and oxygen atoms in total. The molecule has 0 bridgehead atoms. The first-order valence-electron chi connectivity index (χ1n) is 9.25. The highest BCUT2D eigenvalue weighted by Crippen LogP contribution is 2.18. The Bertz CT molecular complexity index is 791. The number of carbonyl (C=O) groups is 2. The van der Waals surface area contributed by atoms with E-state index in [1.54, 1.807) is 23.1 Å². The van der Waals surface area contributed by atoms with Crippen LogP contribution in [0.2, 0.25) is 0 Å². The molecule has 3 rings (SSSR count). The van der Waals surface area contributed by atoms with Crippen LogP contribution in [0.25, 0.3) is 0 Å². The van der Waals surface area contributed by atoms with Crippen LogP contribution in [-0.2, 0) is 21.9 Å². The number of amides is 2. The normalized spacial score (nSPS) is 14.4. The zero-order valence-electron chi connectivity index (χ0n) is 15.6. The Morgan fingerprint density at radius 1 is 1.37 bits per heavy atom. The zero-order chi connectivity index (χ0) is 19.1. The van der Waals surface area contributed by atoms with E-state index in [0.29, 0.717) is 19.4 Å². The molecule has 2 heterocycles. The van der Waals surface area contributed by atoms with E-state index in [-0.39, 0.29) is 11.8 Å². The van der Waals surface area contributed by atoms with Gasteiger partial charge in [-0.1, -0.05) is 12.1 Å². The lowest BCUT2D eigenvalue weighted by Crippen LogP contribution is -2.34. The van der Waals surface area contributed by atoms with Crippen LogP contribution in [0.3, 0.4) is 0 Å². The Morgan fingerprint density at radius 2 is 2.26 bits per heavy atom.